The number of benzene rings is 2. The van der Waals surface area contributed by atoms with Gasteiger partial charge in [0.25, 0.3) is 0 Å². The average molecular weight is 484 g/mol. The molecule has 0 bridgehead atoms. The minimum atomic E-state index is -0.139. The van der Waals surface area contributed by atoms with Crippen molar-refractivity contribution < 1.29 is 0 Å². The topological polar surface area (TPSA) is 3.24 Å². The molecule has 2 aliphatic rings. The van der Waals surface area contributed by atoms with E-state index in [9.17, 15) is 0 Å². The van der Waals surface area contributed by atoms with Crippen LogP contribution in [0.5, 0.6) is 0 Å². The maximum absolute atomic E-state index is 6.96. The number of halogens is 1. The fourth-order valence-electron chi connectivity index (χ4n) is 5.55. The summed E-state index contributed by atoms with van der Waals surface area (Å²) < 4.78 is 0. The first-order valence-electron chi connectivity index (χ1n) is 12.6. The lowest BCUT2D eigenvalue weighted by Gasteiger charge is -2.28. The smallest absolute Gasteiger partial charge is 0.0469 e. The average Bonchev–Trinajstić information content (AvgIpc) is 3.02. The van der Waals surface area contributed by atoms with Crippen molar-refractivity contribution in [2.75, 3.05) is 11.9 Å². The molecule has 35 heavy (non-hydrogen) atoms. The van der Waals surface area contributed by atoms with Gasteiger partial charge in [0.05, 0.1) is 0 Å². The van der Waals surface area contributed by atoms with Gasteiger partial charge in [-0.15, -0.1) is 0 Å². The summed E-state index contributed by atoms with van der Waals surface area (Å²) in [6.45, 7) is 15.7. The van der Waals surface area contributed by atoms with E-state index in [0.717, 1.165) is 29.9 Å². The van der Waals surface area contributed by atoms with E-state index in [4.69, 9.17) is 11.6 Å². The minimum Gasteiger partial charge on any atom is -0.347 e. The van der Waals surface area contributed by atoms with E-state index in [1.165, 1.54) is 39.2 Å². The van der Waals surface area contributed by atoms with Crippen molar-refractivity contribution in [3.8, 4) is 0 Å². The maximum atomic E-state index is 6.96. The fraction of sp³-hybridized carbons (Fsp3) is 0.333. The van der Waals surface area contributed by atoms with Crippen LogP contribution >= 0.6 is 11.6 Å². The van der Waals surface area contributed by atoms with E-state index in [0.29, 0.717) is 0 Å². The zero-order valence-corrected chi connectivity index (χ0v) is 22.8. The van der Waals surface area contributed by atoms with Gasteiger partial charge < -0.3 is 4.90 Å². The number of anilines is 1. The Labute approximate surface area is 217 Å². The number of nitrogens with zero attached hydrogens (tertiary/aromatic N) is 1. The molecule has 0 fully saturated rings. The van der Waals surface area contributed by atoms with Gasteiger partial charge in [-0.25, -0.2) is 0 Å². The van der Waals surface area contributed by atoms with E-state index >= 15 is 0 Å². The highest BCUT2D eigenvalue weighted by Crippen LogP contribution is 2.47. The third-order valence-electron chi connectivity index (χ3n) is 7.95. The van der Waals surface area contributed by atoms with Crippen LogP contribution in [0.1, 0.15) is 63.6 Å². The number of allylic oxidation sites excluding steroid dienone is 9. The lowest BCUT2D eigenvalue weighted by atomic mass is 9.76. The third-order valence-corrected chi connectivity index (χ3v) is 8.43. The number of hydrogen-bond acceptors (Lipinski definition) is 1. The summed E-state index contributed by atoms with van der Waals surface area (Å²) in [5.74, 6) is 0. The van der Waals surface area contributed by atoms with E-state index in [1.807, 2.05) is 0 Å². The van der Waals surface area contributed by atoms with Crippen molar-refractivity contribution in [1.82, 2.24) is 0 Å². The Bertz CT molecular complexity index is 1270. The maximum Gasteiger partial charge on any atom is 0.0469 e. The molecule has 1 aliphatic heterocycles. The number of likely N-dealkylation sites (N-methyl/N-ethyl adjacent to an activating group) is 1. The molecule has 2 aromatic carbocycles. The number of para-hydroxylation sites is 1. The van der Waals surface area contributed by atoms with Crippen LogP contribution in [0.15, 0.2) is 107 Å². The van der Waals surface area contributed by atoms with Crippen LogP contribution in [-0.4, -0.2) is 7.05 Å². The van der Waals surface area contributed by atoms with Crippen molar-refractivity contribution in [3.05, 3.63) is 124 Å². The molecule has 0 amide bonds. The van der Waals surface area contributed by atoms with Crippen molar-refractivity contribution in [3.63, 3.8) is 0 Å². The highest BCUT2D eigenvalue weighted by atomic mass is 35.5. The van der Waals surface area contributed by atoms with E-state index in [1.54, 1.807) is 0 Å². The number of aryl methyl sites for hydroxylation is 1. The van der Waals surface area contributed by atoms with Gasteiger partial charge in [0, 0.05) is 34.3 Å². The second-order valence-electron chi connectivity index (χ2n) is 10.9. The molecule has 182 valence electrons. The lowest BCUT2D eigenvalue weighted by Crippen LogP contribution is -2.22. The summed E-state index contributed by atoms with van der Waals surface area (Å²) in [6, 6.07) is 17.2. The Morgan fingerprint density at radius 3 is 2.43 bits per heavy atom. The van der Waals surface area contributed by atoms with Crippen LogP contribution in [0.25, 0.3) is 0 Å². The Hall–Kier alpha value is -2.77. The summed E-state index contributed by atoms with van der Waals surface area (Å²) in [7, 11) is 2.16. The van der Waals surface area contributed by atoms with Crippen molar-refractivity contribution >= 4 is 17.3 Å². The largest absolute Gasteiger partial charge is 0.347 e. The van der Waals surface area contributed by atoms with Gasteiger partial charge >= 0.3 is 0 Å². The summed E-state index contributed by atoms with van der Waals surface area (Å²) in [6.07, 6.45) is 12.0. The number of fused-ring (bicyclic) bond motifs is 1. The number of hydrogen-bond donors (Lipinski definition) is 0. The van der Waals surface area contributed by atoms with Gasteiger partial charge in [0.1, 0.15) is 0 Å². The SMILES string of the molecule is C=C(C=CC1=C(Cl)C(=CC=C2N(C)c3ccccc3C2(C)C)CCC1)C(C)(C)c1ccccc1C. The van der Waals surface area contributed by atoms with Crippen LogP contribution in [0.4, 0.5) is 5.69 Å². The normalized spacial score (nSPS) is 20.3. The van der Waals surface area contributed by atoms with E-state index in [-0.39, 0.29) is 10.8 Å². The van der Waals surface area contributed by atoms with Gasteiger partial charge in [-0.1, -0.05) is 107 Å². The molecule has 0 saturated heterocycles. The fourth-order valence-corrected chi connectivity index (χ4v) is 5.86. The van der Waals surface area contributed by atoms with Crippen LogP contribution in [0.2, 0.25) is 0 Å². The Morgan fingerprint density at radius 2 is 1.71 bits per heavy atom. The summed E-state index contributed by atoms with van der Waals surface area (Å²) in [4.78, 5) is 2.31. The molecule has 0 spiro atoms. The molecule has 2 aromatic rings. The van der Waals surface area contributed by atoms with Crippen molar-refractivity contribution in [1.29, 1.82) is 0 Å². The Kier molecular flexibility index (Phi) is 7.02. The minimum absolute atomic E-state index is 0.0329. The van der Waals surface area contributed by atoms with Crippen LogP contribution in [0.3, 0.4) is 0 Å². The molecule has 0 aromatic heterocycles. The highest BCUT2D eigenvalue weighted by Gasteiger charge is 2.37. The van der Waals surface area contributed by atoms with Crippen LogP contribution in [0, 0.1) is 6.92 Å². The van der Waals surface area contributed by atoms with Gasteiger partial charge in [-0.05, 0) is 71.7 Å². The molecule has 0 atom stereocenters. The summed E-state index contributed by atoms with van der Waals surface area (Å²) >= 11 is 6.96. The number of rotatable bonds is 5. The molecule has 1 aliphatic carbocycles. The van der Waals surface area contributed by atoms with Gasteiger partial charge in [-0.2, -0.15) is 0 Å². The van der Waals surface area contributed by atoms with Crippen molar-refractivity contribution in [2.24, 2.45) is 0 Å². The molecule has 1 nitrogen and oxygen atoms in total. The van der Waals surface area contributed by atoms with Crippen molar-refractivity contribution in [2.45, 2.75) is 64.7 Å². The van der Waals surface area contributed by atoms with E-state index < -0.39 is 0 Å². The summed E-state index contributed by atoms with van der Waals surface area (Å²) in [5, 5.41) is 0.891. The first kappa shape index (κ1) is 25.3. The van der Waals surface area contributed by atoms with Gasteiger partial charge in [0.2, 0.25) is 0 Å². The molecule has 0 N–H and O–H groups in total. The predicted octanol–water partition coefficient (Wildman–Crippen LogP) is 9.30. The predicted molar refractivity (Wildman–Crippen MR) is 153 cm³/mol. The second-order valence-corrected chi connectivity index (χ2v) is 11.3. The zero-order valence-electron chi connectivity index (χ0n) is 22.1. The Morgan fingerprint density at radius 1 is 1.03 bits per heavy atom. The second kappa shape index (κ2) is 9.70. The molecule has 0 saturated carbocycles. The lowest BCUT2D eigenvalue weighted by molar-refractivity contribution is 0.636. The standard InChI is InChI=1S/C33H38ClN/c1-23-13-8-9-16-27(23)32(3,4)24(2)19-20-25-14-12-15-26(31(25)34)21-22-30-33(5,6)28-17-10-11-18-29(28)35(30)7/h8-11,13,16-22H,2,12,14-15H2,1,3-7H3. The van der Waals surface area contributed by atoms with Crippen LogP contribution < -0.4 is 4.90 Å². The first-order valence-corrected chi connectivity index (χ1v) is 13.0. The van der Waals surface area contributed by atoms with Gasteiger partial charge in [0.15, 0.2) is 0 Å². The molecule has 0 unspecified atom stereocenters. The summed E-state index contributed by atoms with van der Waals surface area (Å²) in [5.41, 5.74) is 9.90. The highest BCUT2D eigenvalue weighted by molar-refractivity contribution is 6.32. The van der Waals surface area contributed by atoms with E-state index in [2.05, 4.69) is 126 Å². The molecule has 2 heteroatoms. The quantitative estimate of drug-likeness (QED) is 0.383. The van der Waals surface area contributed by atoms with Gasteiger partial charge in [-0.3, -0.25) is 0 Å². The molecular weight excluding hydrogens is 446 g/mol. The zero-order chi connectivity index (χ0) is 25.4. The third kappa shape index (κ3) is 4.71. The molecule has 4 rings (SSSR count). The molecule has 1 heterocycles. The molecule has 0 radical (unpaired) electrons. The Balaban J connectivity index is 1.59. The monoisotopic (exact) mass is 483 g/mol. The van der Waals surface area contributed by atoms with Crippen LogP contribution in [-0.2, 0) is 10.8 Å². The molecular formula is C33H38ClN. The first-order chi connectivity index (χ1) is 16.5.